The fraction of sp³-hybridized carbons (Fsp3) is 0.389. The summed E-state index contributed by atoms with van der Waals surface area (Å²) in [6, 6.07) is 10.2. The van der Waals surface area contributed by atoms with Crippen molar-refractivity contribution in [3.8, 4) is 0 Å². The molecular formula is C18H23N5O. The van der Waals surface area contributed by atoms with Crippen LogP contribution >= 0.6 is 0 Å². The Kier molecular flexibility index (Phi) is 4.76. The summed E-state index contributed by atoms with van der Waals surface area (Å²) in [7, 11) is 1.99. The molecule has 0 radical (unpaired) electrons. The molecule has 1 amide bonds. The lowest BCUT2D eigenvalue weighted by molar-refractivity contribution is -0.117. The molecule has 24 heavy (non-hydrogen) atoms. The molecular weight excluding hydrogens is 302 g/mol. The first-order chi connectivity index (χ1) is 11.5. The molecule has 6 heteroatoms. The number of hydrogen-bond acceptors (Lipinski definition) is 5. The second-order valence-corrected chi connectivity index (χ2v) is 6.35. The van der Waals surface area contributed by atoms with E-state index in [4.69, 9.17) is 0 Å². The van der Waals surface area contributed by atoms with Crippen molar-refractivity contribution in [3.63, 3.8) is 0 Å². The molecule has 6 nitrogen and oxygen atoms in total. The quantitative estimate of drug-likeness (QED) is 0.909. The van der Waals surface area contributed by atoms with Crippen molar-refractivity contribution in [3.05, 3.63) is 47.9 Å². The summed E-state index contributed by atoms with van der Waals surface area (Å²) in [5, 5.41) is 2.98. The lowest BCUT2D eigenvalue weighted by Gasteiger charge is -2.44. The van der Waals surface area contributed by atoms with E-state index in [0.29, 0.717) is 12.6 Å². The predicted octanol–water partition coefficient (Wildman–Crippen LogP) is 1.85. The number of hydrogen-bond donors (Lipinski definition) is 1. The number of amides is 1. The highest BCUT2D eigenvalue weighted by Gasteiger charge is 2.31. The van der Waals surface area contributed by atoms with Crippen LogP contribution < -0.4 is 10.2 Å². The van der Waals surface area contributed by atoms with Gasteiger partial charge in [-0.15, -0.1) is 0 Å². The minimum atomic E-state index is 0.0168. The fourth-order valence-corrected chi connectivity index (χ4v) is 2.79. The van der Waals surface area contributed by atoms with Crippen LogP contribution in [0.3, 0.4) is 0 Å². The van der Waals surface area contributed by atoms with E-state index < -0.39 is 0 Å². The molecule has 2 aromatic rings. The normalized spacial score (nSPS) is 14.6. The molecule has 1 fully saturated rings. The Hall–Kier alpha value is -2.47. The van der Waals surface area contributed by atoms with E-state index in [1.165, 1.54) is 0 Å². The largest absolute Gasteiger partial charge is 0.353 e. The van der Waals surface area contributed by atoms with Crippen LogP contribution in [0.1, 0.15) is 11.3 Å². The van der Waals surface area contributed by atoms with Crippen LogP contribution in [-0.4, -0.2) is 53.5 Å². The van der Waals surface area contributed by atoms with Gasteiger partial charge in [0.1, 0.15) is 12.1 Å². The second kappa shape index (κ2) is 6.97. The minimum Gasteiger partial charge on any atom is -0.353 e. The van der Waals surface area contributed by atoms with Gasteiger partial charge < -0.3 is 10.2 Å². The van der Waals surface area contributed by atoms with Crippen molar-refractivity contribution >= 4 is 17.4 Å². The van der Waals surface area contributed by atoms with Gasteiger partial charge in [0.05, 0.1) is 6.54 Å². The Morgan fingerprint density at radius 1 is 1.29 bits per heavy atom. The number of likely N-dealkylation sites (N-methyl/N-ethyl adjacent to an activating group) is 1. The molecule has 0 saturated carbocycles. The van der Waals surface area contributed by atoms with Crippen molar-refractivity contribution in [2.24, 2.45) is 0 Å². The number of carbonyl (C=O) groups excluding carboxylic acids is 1. The van der Waals surface area contributed by atoms with Gasteiger partial charge in [0.2, 0.25) is 5.91 Å². The van der Waals surface area contributed by atoms with Gasteiger partial charge >= 0.3 is 0 Å². The Balaban J connectivity index is 1.49. The molecule has 0 spiro atoms. The molecule has 126 valence electrons. The fourth-order valence-electron chi connectivity index (χ4n) is 2.79. The average molecular weight is 325 g/mol. The smallest absolute Gasteiger partial charge is 0.238 e. The monoisotopic (exact) mass is 325 g/mol. The van der Waals surface area contributed by atoms with Crippen LogP contribution in [0.5, 0.6) is 0 Å². The number of nitrogens with zero attached hydrogens (tertiary/aromatic N) is 4. The molecule has 1 saturated heterocycles. The van der Waals surface area contributed by atoms with E-state index in [9.17, 15) is 4.79 Å². The number of benzene rings is 1. The van der Waals surface area contributed by atoms with Crippen LogP contribution in [0.2, 0.25) is 0 Å². The van der Waals surface area contributed by atoms with Crippen LogP contribution in [0.4, 0.5) is 11.5 Å². The van der Waals surface area contributed by atoms with Gasteiger partial charge in [-0.1, -0.05) is 18.2 Å². The lowest BCUT2D eigenvalue weighted by Crippen LogP contribution is -2.59. The Labute approximate surface area is 142 Å². The third kappa shape index (κ3) is 3.71. The molecule has 1 aliphatic rings. The molecule has 1 aliphatic heterocycles. The van der Waals surface area contributed by atoms with Gasteiger partial charge in [0, 0.05) is 36.6 Å². The van der Waals surface area contributed by atoms with Crippen LogP contribution in [-0.2, 0) is 4.79 Å². The molecule has 1 N–H and O–H groups in total. The molecule has 0 bridgehead atoms. The van der Waals surface area contributed by atoms with E-state index >= 15 is 0 Å². The van der Waals surface area contributed by atoms with Gasteiger partial charge in [0.25, 0.3) is 0 Å². The maximum absolute atomic E-state index is 12.2. The second-order valence-electron chi connectivity index (χ2n) is 6.35. The van der Waals surface area contributed by atoms with Crippen molar-refractivity contribution in [1.82, 2.24) is 14.9 Å². The van der Waals surface area contributed by atoms with E-state index in [0.717, 1.165) is 35.9 Å². The summed E-state index contributed by atoms with van der Waals surface area (Å²) in [6.45, 7) is 6.10. The number of anilines is 2. The summed E-state index contributed by atoms with van der Waals surface area (Å²) in [5.41, 5.74) is 2.92. The van der Waals surface area contributed by atoms with E-state index in [2.05, 4.69) is 25.1 Å². The molecule has 2 heterocycles. The number of carbonyl (C=O) groups is 1. The molecule has 0 atom stereocenters. The third-order valence-corrected chi connectivity index (χ3v) is 4.41. The molecule has 0 aliphatic carbocycles. The van der Waals surface area contributed by atoms with Crippen molar-refractivity contribution in [1.29, 1.82) is 0 Å². The highest BCUT2D eigenvalue weighted by atomic mass is 16.2. The van der Waals surface area contributed by atoms with Crippen LogP contribution in [0, 0.1) is 13.8 Å². The number of rotatable bonds is 5. The maximum atomic E-state index is 12.2. The average Bonchev–Trinajstić information content (AvgIpc) is 2.48. The van der Waals surface area contributed by atoms with Gasteiger partial charge in [-0.3, -0.25) is 9.69 Å². The third-order valence-electron chi connectivity index (χ3n) is 4.41. The van der Waals surface area contributed by atoms with Gasteiger partial charge in [-0.05, 0) is 32.5 Å². The van der Waals surface area contributed by atoms with Gasteiger partial charge in [-0.2, -0.15) is 0 Å². The standard InChI is InChI=1S/C18H23N5O/c1-13-6-4-5-7-16(13)21-18(24)11-22(3)15-9-23(10-15)17-8-14(2)19-12-20-17/h4-8,12,15H,9-11H2,1-3H3,(H,21,24). The zero-order chi connectivity index (χ0) is 17.1. The van der Waals surface area contributed by atoms with Crippen LogP contribution in [0.25, 0.3) is 0 Å². The molecule has 3 rings (SSSR count). The summed E-state index contributed by atoms with van der Waals surface area (Å²) in [4.78, 5) is 24.9. The minimum absolute atomic E-state index is 0.0168. The van der Waals surface area contributed by atoms with E-state index in [1.54, 1.807) is 6.33 Å². The lowest BCUT2D eigenvalue weighted by atomic mass is 10.1. The van der Waals surface area contributed by atoms with E-state index in [1.807, 2.05) is 51.2 Å². The first kappa shape index (κ1) is 16.4. The van der Waals surface area contributed by atoms with Crippen LogP contribution in [0.15, 0.2) is 36.7 Å². The zero-order valence-electron chi connectivity index (χ0n) is 14.4. The SMILES string of the molecule is Cc1cc(N2CC(N(C)CC(=O)Nc3ccccc3C)C2)ncn1. The first-order valence-electron chi connectivity index (χ1n) is 8.12. The Bertz CT molecular complexity index is 727. The number of nitrogens with one attached hydrogen (secondary N) is 1. The molecule has 0 unspecified atom stereocenters. The molecule has 1 aromatic carbocycles. The number of para-hydroxylation sites is 1. The highest BCUT2D eigenvalue weighted by molar-refractivity contribution is 5.92. The zero-order valence-corrected chi connectivity index (χ0v) is 14.4. The maximum Gasteiger partial charge on any atom is 0.238 e. The summed E-state index contributed by atoms with van der Waals surface area (Å²) in [5.74, 6) is 0.972. The summed E-state index contributed by atoms with van der Waals surface area (Å²) >= 11 is 0. The first-order valence-corrected chi connectivity index (χ1v) is 8.12. The van der Waals surface area contributed by atoms with Gasteiger partial charge in [0.15, 0.2) is 0 Å². The summed E-state index contributed by atoms with van der Waals surface area (Å²) < 4.78 is 0. The Morgan fingerprint density at radius 2 is 2.04 bits per heavy atom. The topological polar surface area (TPSA) is 61.4 Å². The van der Waals surface area contributed by atoms with Gasteiger partial charge in [-0.25, -0.2) is 9.97 Å². The van der Waals surface area contributed by atoms with Crippen molar-refractivity contribution in [2.75, 3.05) is 36.9 Å². The molecule has 1 aromatic heterocycles. The number of aryl methyl sites for hydroxylation is 2. The predicted molar refractivity (Wildman–Crippen MR) is 95.2 cm³/mol. The Morgan fingerprint density at radius 3 is 2.75 bits per heavy atom. The number of aromatic nitrogens is 2. The summed E-state index contributed by atoms with van der Waals surface area (Å²) in [6.07, 6.45) is 1.59. The van der Waals surface area contributed by atoms with E-state index in [-0.39, 0.29) is 5.91 Å². The highest BCUT2D eigenvalue weighted by Crippen LogP contribution is 2.21. The van der Waals surface area contributed by atoms with Crippen molar-refractivity contribution in [2.45, 2.75) is 19.9 Å². The van der Waals surface area contributed by atoms with Crippen molar-refractivity contribution < 1.29 is 4.79 Å².